The molecule has 1 aliphatic heterocycles. The summed E-state index contributed by atoms with van der Waals surface area (Å²) in [5.41, 5.74) is 11.2. The Balaban J connectivity index is 1.71. The fourth-order valence-corrected chi connectivity index (χ4v) is 3.32. The van der Waals surface area contributed by atoms with Crippen molar-refractivity contribution in [3.8, 4) is 0 Å². The molecule has 3 nitrogen and oxygen atoms in total. The van der Waals surface area contributed by atoms with Crippen LogP contribution in [0, 0.1) is 0 Å². The van der Waals surface area contributed by atoms with Gasteiger partial charge in [0.25, 0.3) is 0 Å². The van der Waals surface area contributed by atoms with Crippen LogP contribution >= 0.6 is 0 Å². The van der Waals surface area contributed by atoms with Crippen LogP contribution in [0.4, 0.5) is 0 Å². The Labute approximate surface area is 124 Å². The summed E-state index contributed by atoms with van der Waals surface area (Å²) in [6.07, 6.45) is 3.01. The third-order valence-electron chi connectivity index (χ3n) is 4.42. The minimum Gasteiger partial charge on any atom is -0.328 e. The van der Waals surface area contributed by atoms with Crippen LogP contribution in [-0.4, -0.2) is 9.55 Å². The molecule has 1 aromatic heterocycles. The summed E-state index contributed by atoms with van der Waals surface area (Å²) < 4.78 is 2.37. The molecule has 3 heteroatoms. The quantitative estimate of drug-likeness (QED) is 0.799. The van der Waals surface area contributed by atoms with E-state index < -0.39 is 0 Å². The molecule has 1 aliphatic rings. The van der Waals surface area contributed by atoms with Crippen molar-refractivity contribution < 1.29 is 0 Å². The van der Waals surface area contributed by atoms with Gasteiger partial charge < -0.3 is 10.3 Å². The minimum atomic E-state index is 0.153. The van der Waals surface area contributed by atoms with Crippen molar-refractivity contribution in [3.05, 3.63) is 65.5 Å². The maximum absolute atomic E-state index is 6.24. The van der Waals surface area contributed by atoms with Crippen LogP contribution in [-0.2, 0) is 19.4 Å². The maximum Gasteiger partial charge on any atom is 0.110 e. The molecule has 2 N–H and O–H groups in total. The molecule has 0 radical (unpaired) electrons. The van der Waals surface area contributed by atoms with Gasteiger partial charge in [0.1, 0.15) is 5.82 Å². The first-order valence-corrected chi connectivity index (χ1v) is 7.60. The third kappa shape index (κ3) is 2.14. The third-order valence-corrected chi connectivity index (χ3v) is 4.42. The average molecular weight is 277 g/mol. The molecule has 4 rings (SSSR count). The second-order valence-electron chi connectivity index (χ2n) is 5.78. The molecule has 0 bridgehead atoms. The highest BCUT2D eigenvalue weighted by molar-refractivity contribution is 5.81. The van der Waals surface area contributed by atoms with Crippen LogP contribution in [0.2, 0.25) is 0 Å². The smallest absolute Gasteiger partial charge is 0.110 e. The van der Waals surface area contributed by atoms with Crippen LogP contribution in [0.15, 0.2) is 48.5 Å². The first-order valence-electron chi connectivity index (χ1n) is 7.60. The van der Waals surface area contributed by atoms with Gasteiger partial charge in [0.15, 0.2) is 0 Å². The van der Waals surface area contributed by atoms with Gasteiger partial charge in [-0.05, 0) is 30.0 Å². The minimum absolute atomic E-state index is 0.153. The second kappa shape index (κ2) is 5.01. The van der Waals surface area contributed by atoms with E-state index in [4.69, 9.17) is 10.7 Å². The van der Waals surface area contributed by atoms with E-state index in [1.165, 1.54) is 22.5 Å². The van der Waals surface area contributed by atoms with Crippen molar-refractivity contribution in [3.63, 3.8) is 0 Å². The fourth-order valence-electron chi connectivity index (χ4n) is 3.32. The molecule has 21 heavy (non-hydrogen) atoms. The topological polar surface area (TPSA) is 43.8 Å². The van der Waals surface area contributed by atoms with Crippen LogP contribution in [0.5, 0.6) is 0 Å². The molecule has 0 fully saturated rings. The Kier molecular flexibility index (Phi) is 3.00. The molecule has 2 aromatic carbocycles. The summed E-state index contributed by atoms with van der Waals surface area (Å²) in [5, 5.41) is 0. The highest BCUT2D eigenvalue weighted by Crippen LogP contribution is 2.31. The van der Waals surface area contributed by atoms with E-state index in [0.717, 1.165) is 31.3 Å². The summed E-state index contributed by atoms with van der Waals surface area (Å²) in [5.74, 6) is 1.19. The first-order chi connectivity index (χ1) is 10.3. The van der Waals surface area contributed by atoms with Gasteiger partial charge in [-0.15, -0.1) is 0 Å². The van der Waals surface area contributed by atoms with E-state index >= 15 is 0 Å². The van der Waals surface area contributed by atoms with Gasteiger partial charge in [0, 0.05) is 19.0 Å². The zero-order valence-electron chi connectivity index (χ0n) is 12.0. The van der Waals surface area contributed by atoms with E-state index in [9.17, 15) is 0 Å². The van der Waals surface area contributed by atoms with Gasteiger partial charge in [-0.2, -0.15) is 0 Å². The maximum atomic E-state index is 6.24. The van der Waals surface area contributed by atoms with Gasteiger partial charge in [-0.3, -0.25) is 0 Å². The molecule has 1 atom stereocenters. The number of aryl methyl sites for hydroxylation is 3. The van der Waals surface area contributed by atoms with Crippen LogP contribution in [0.1, 0.15) is 29.4 Å². The molecule has 0 saturated carbocycles. The number of imidazole rings is 1. The molecule has 0 saturated heterocycles. The number of para-hydroxylation sites is 1. The molecular weight excluding hydrogens is 258 g/mol. The molecule has 1 unspecified atom stereocenters. The summed E-state index contributed by atoms with van der Waals surface area (Å²) in [6.45, 7) is 0.985. The summed E-state index contributed by atoms with van der Waals surface area (Å²) in [4.78, 5) is 4.84. The van der Waals surface area contributed by atoms with Crippen molar-refractivity contribution in [2.24, 2.45) is 5.73 Å². The van der Waals surface area contributed by atoms with E-state index in [1.807, 2.05) is 0 Å². The monoisotopic (exact) mass is 277 g/mol. The van der Waals surface area contributed by atoms with Gasteiger partial charge in [-0.1, -0.05) is 42.5 Å². The summed E-state index contributed by atoms with van der Waals surface area (Å²) >= 11 is 0. The lowest BCUT2D eigenvalue weighted by Crippen LogP contribution is -2.20. The Morgan fingerprint density at radius 2 is 1.90 bits per heavy atom. The number of nitrogens with zero attached hydrogens (tertiary/aromatic N) is 2. The zero-order valence-corrected chi connectivity index (χ0v) is 12.0. The van der Waals surface area contributed by atoms with Gasteiger partial charge in [0.05, 0.1) is 11.0 Å². The molecule has 106 valence electrons. The highest BCUT2D eigenvalue weighted by atomic mass is 15.1. The lowest BCUT2D eigenvalue weighted by Gasteiger charge is -2.22. The Bertz CT molecular complexity index is 774. The van der Waals surface area contributed by atoms with E-state index in [2.05, 4.69) is 53.1 Å². The molecule has 2 heterocycles. The van der Waals surface area contributed by atoms with Gasteiger partial charge >= 0.3 is 0 Å². The summed E-state index contributed by atoms with van der Waals surface area (Å²) in [7, 11) is 0. The average Bonchev–Trinajstić information content (AvgIpc) is 2.89. The number of hydrogen-bond donors (Lipinski definition) is 1. The largest absolute Gasteiger partial charge is 0.328 e. The van der Waals surface area contributed by atoms with Crippen LogP contribution in [0.25, 0.3) is 11.0 Å². The first kappa shape index (κ1) is 12.6. The number of benzene rings is 2. The van der Waals surface area contributed by atoms with Crippen LogP contribution < -0.4 is 5.73 Å². The normalized spacial score (nSPS) is 17.3. The van der Waals surface area contributed by atoms with Crippen molar-refractivity contribution in [1.29, 1.82) is 0 Å². The van der Waals surface area contributed by atoms with Gasteiger partial charge in [-0.25, -0.2) is 4.98 Å². The lowest BCUT2D eigenvalue weighted by atomic mass is 10.00. The lowest BCUT2D eigenvalue weighted by molar-refractivity contribution is 0.529. The molecule has 0 amide bonds. The Morgan fingerprint density at radius 3 is 2.76 bits per heavy atom. The fraction of sp³-hybridized carbons (Fsp3) is 0.278. The number of aromatic nitrogens is 2. The van der Waals surface area contributed by atoms with Gasteiger partial charge in [0.2, 0.25) is 0 Å². The number of nitrogens with two attached hydrogens (primary N) is 1. The predicted octanol–water partition coefficient (Wildman–Crippen LogP) is 3.23. The second-order valence-corrected chi connectivity index (χ2v) is 5.78. The Morgan fingerprint density at radius 1 is 1.05 bits per heavy atom. The van der Waals surface area contributed by atoms with Crippen molar-refractivity contribution in [2.75, 3.05) is 0 Å². The number of rotatable bonds is 3. The molecular formula is C18H19N3. The van der Waals surface area contributed by atoms with Crippen molar-refractivity contribution in [1.82, 2.24) is 9.55 Å². The van der Waals surface area contributed by atoms with Crippen molar-refractivity contribution >= 4 is 11.0 Å². The molecule has 0 spiro atoms. The SMILES string of the molecule is NC1CCn2c(CCc3ccccc3)nc3cccc1c32. The van der Waals surface area contributed by atoms with Crippen molar-refractivity contribution in [2.45, 2.75) is 31.8 Å². The Hall–Kier alpha value is -2.13. The van der Waals surface area contributed by atoms with E-state index in [0.29, 0.717) is 0 Å². The summed E-state index contributed by atoms with van der Waals surface area (Å²) in [6, 6.07) is 17.1. The zero-order chi connectivity index (χ0) is 14.2. The highest BCUT2D eigenvalue weighted by Gasteiger charge is 2.22. The number of hydrogen-bond acceptors (Lipinski definition) is 2. The van der Waals surface area contributed by atoms with Crippen LogP contribution in [0.3, 0.4) is 0 Å². The standard InChI is InChI=1S/C18H19N3/c19-15-11-12-21-17(10-9-13-5-2-1-3-6-13)20-16-8-4-7-14(15)18(16)21/h1-8,15H,9-12,19H2. The predicted molar refractivity (Wildman–Crippen MR) is 85.1 cm³/mol. The molecule has 3 aromatic rings. The molecule has 0 aliphatic carbocycles. The van der Waals surface area contributed by atoms with E-state index in [-0.39, 0.29) is 6.04 Å². The van der Waals surface area contributed by atoms with E-state index in [1.54, 1.807) is 0 Å².